The lowest BCUT2D eigenvalue weighted by molar-refractivity contribution is 0.824. The van der Waals surface area contributed by atoms with Crippen LogP contribution in [0, 0.1) is 0 Å². The van der Waals surface area contributed by atoms with Gasteiger partial charge in [0.2, 0.25) is 0 Å². The van der Waals surface area contributed by atoms with Gasteiger partial charge in [-0.3, -0.25) is 4.99 Å². The number of anilines is 3. The second-order valence-corrected chi connectivity index (χ2v) is 3.03. The second-order valence-electron chi connectivity index (χ2n) is 3.03. The molecule has 1 aliphatic rings. The first-order valence-corrected chi connectivity index (χ1v) is 4.19. The Balaban J connectivity index is 0.000000980. The van der Waals surface area contributed by atoms with Gasteiger partial charge in [-0.05, 0) is 18.2 Å². The van der Waals surface area contributed by atoms with Gasteiger partial charge >= 0.3 is 0 Å². The van der Waals surface area contributed by atoms with Crippen LogP contribution in [0.1, 0.15) is 0 Å². The molecule has 0 spiro atoms. The maximum absolute atomic E-state index is 5.69. The van der Waals surface area contributed by atoms with Crippen LogP contribution in [0.25, 0.3) is 0 Å². The molecule has 0 saturated heterocycles. The molecule has 0 radical (unpaired) electrons. The van der Waals surface area contributed by atoms with Crippen LogP contribution in [-0.4, -0.2) is 24.9 Å². The zero-order chi connectivity index (χ0) is 9.26. The number of benzene rings is 1. The summed E-state index contributed by atoms with van der Waals surface area (Å²) in [6, 6.07) is 5.63. The molecule has 6 heteroatoms. The first-order valence-electron chi connectivity index (χ1n) is 4.19. The molecular weight excluding hydrogens is 216 g/mol. The highest BCUT2D eigenvalue weighted by atomic mass is 35.5. The van der Waals surface area contributed by atoms with E-state index in [0.717, 1.165) is 18.8 Å². The van der Waals surface area contributed by atoms with E-state index >= 15 is 0 Å². The molecule has 1 aromatic carbocycles. The average molecular weight is 231 g/mol. The molecule has 0 saturated carbocycles. The van der Waals surface area contributed by atoms with Crippen LogP contribution in [0.2, 0.25) is 0 Å². The van der Waals surface area contributed by atoms with Crippen molar-refractivity contribution < 1.29 is 5.48 Å². The van der Waals surface area contributed by atoms with Gasteiger partial charge in [0.15, 0.2) is 0 Å². The van der Waals surface area contributed by atoms with E-state index in [1.54, 1.807) is 0 Å². The number of nitrogens with two attached hydrogens (primary N) is 2. The molecule has 1 aromatic rings. The normalized spacial score (nSPS) is 13.2. The van der Waals surface area contributed by atoms with E-state index in [1.165, 1.54) is 0 Å². The van der Waals surface area contributed by atoms with Crippen molar-refractivity contribution in [2.24, 2.45) is 4.99 Å². The van der Waals surface area contributed by atoms with Crippen LogP contribution in [0.5, 0.6) is 0 Å². The van der Waals surface area contributed by atoms with E-state index in [9.17, 15) is 0 Å². The molecule has 5 nitrogen and oxygen atoms in total. The van der Waals surface area contributed by atoms with Gasteiger partial charge in [0, 0.05) is 12.2 Å². The minimum absolute atomic E-state index is 0. The number of nitrogens with zero attached hydrogens (tertiary/aromatic N) is 2. The van der Waals surface area contributed by atoms with Gasteiger partial charge in [-0.25, -0.2) is 0 Å². The van der Waals surface area contributed by atoms with E-state index in [-0.39, 0.29) is 17.9 Å². The molecule has 0 unspecified atom stereocenters. The van der Waals surface area contributed by atoms with Gasteiger partial charge < -0.3 is 21.8 Å². The minimum Gasteiger partial charge on any atom is -0.412 e. The molecule has 0 aromatic heterocycles. The van der Waals surface area contributed by atoms with Crippen molar-refractivity contribution in [2.75, 3.05) is 29.5 Å². The standard InChI is InChI=1S/C9H12N4.ClH.H2O/c10-8-2-1-7(5-9(8)11)13-4-3-12-6-13;;/h1-2,5-6H,3-4,10-11H2;1H;1H2. The largest absolute Gasteiger partial charge is 0.412 e. The highest BCUT2D eigenvalue weighted by Gasteiger charge is 2.08. The molecule has 0 aliphatic carbocycles. The van der Waals surface area contributed by atoms with Crippen LogP contribution in [-0.2, 0) is 0 Å². The number of hydrogen-bond acceptors (Lipinski definition) is 4. The fraction of sp³-hybridized carbons (Fsp3) is 0.222. The molecule has 0 amide bonds. The van der Waals surface area contributed by atoms with E-state index < -0.39 is 0 Å². The summed E-state index contributed by atoms with van der Waals surface area (Å²) in [4.78, 5) is 6.17. The smallest absolute Gasteiger partial charge is 0.0895 e. The Bertz CT molecular complexity index is 356. The Morgan fingerprint density at radius 1 is 1.20 bits per heavy atom. The monoisotopic (exact) mass is 230 g/mol. The summed E-state index contributed by atoms with van der Waals surface area (Å²) in [5.41, 5.74) is 13.6. The summed E-state index contributed by atoms with van der Waals surface area (Å²) >= 11 is 0. The maximum atomic E-state index is 5.69. The Morgan fingerprint density at radius 3 is 2.47 bits per heavy atom. The van der Waals surface area contributed by atoms with Gasteiger partial charge in [-0.2, -0.15) is 0 Å². The number of rotatable bonds is 1. The van der Waals surface area contributed by atoms with Crippen molar-refractivity contribution in [1.82, 2.24) is 0 Å². The summed E-state index contributed by atoms with van der Waals surface area (Å²) < 4.78 is 0. The second kappa shape index (κ2) is 5.43. The number of hydrogen-bond donors (Lipinski definition) is 2. The quantitative estimate of drug-likeness (QED) is 0.679. The van der Waals surface area contributed by atoms with Crippen molar-refractivity contribution in [2.45, 2.75) is 0 Å². The van der Waals surface area contributed by atoms with Gasteiger partial charge in [-0.15, -0.1) is 12.4 Å². The number of aliphatic imine (C=N–C) groups is 1. The molecule has 2 rings (SSSR count). The summed E-state index contributed by atoms with van der Waals surface area (Å²) in [5, 5.41) is 0. The topological polar surface area (TPSA) is 99.1 Å². The van der Waals surface area contributed by atoms with Crippen LogP contribution >= 0.6 is 12.4 Å². The summed E-state index contributed by atoms with van der Waals surface area (Å²) in [7, 11) is 0. The number of halogens is 1. The third-order valence-corrected chi connectivity index (χ3v) is 2.09. The summed E-state index contributed by atoms with van der Waals surface area (Å²) in [5.74, 6) is 0. The Kier molecular flexibility index (Phi) is 4.90. The summed E-state index contributed by atoms with van der Waals surface area (Å²) in [6.45, 7) is 1.77. The molecule has 0 bridgehead atoms. The zero-order valence-electron chi connectivity index (χ0n) is 8.18. The van der Waals surface area contributed by atoms with Gasteiger partial charge in [0.05, 0.1) is 24.3 Å². The van der Waals surface area contributed by atoms with E-state index in [2.05, 4.69) is 9.89 Å². The van der Waals surface area contributed by atoms with Crippen LogP contribution in [0.3, 0.4) is 0 Å². The third-order valence-electron chi connectivity index (χ3n) is 2.09. The van der Waals surface area contributed by atoms with Crippen molar-refractivity contribution in [1.29, 1.82) is 0 Å². The predicted octanol–water partition coefficient (Wildman–Crippen LogP) is 0.296. The van der Waals surface area contributed by atoms with Crippen molar-refractivity contribution in [3.05, 3.63) is 18.2 Å². The average Bonchev–Trinajstić information content (AvgIpc) is 2.62. The van der Waals surface area contributed by atoms with Gasteiger partial charge in [-0.1, -0.05) is 0 Å². The number of nitrogen functional groups attached to an aromatic ring is 2. The summed E-state index contributed by atoms with van der Waals surface area (Å²) in [6.07, 6.45) is 1.82. The van der Waals surface area contributed by atoms with Crippen molar-refractivity contribution in [3.8, 4) is 0 Å². The molecule has 0 fully saturated rings. The lowest BCUT2D eigenvalue weighted by atomic mass is 10.2. The molecule has 0 atom stereocenters. The lowest BCUT2D eigenvalue weighted by Gasteiger charge is -2.14. The minimum atomic E-state index is 0. The third kappa shape index (κ3) is 2.74. The lowest BCUT2D eigenvalue weighted by Crippen LogP contribution is -2.18. The molecular formula is C9H15ClN4O. The Morgan fingerprint density at radius 2 is 1.93 bits per heavy atom. The molecule has 84 valence electrons. The van der Waals surface area contributed by atoms with Crippen LogP contribution < -0.4 is 16.4 Å². The molecule has 6 N–H and O–H groups in total. The molecule has 1 heterocycles. The Labute approximate surface area is 94.5 Å². The van der Waals surface area contributed by atoms with E-state index in [0.29, 0.717) is 11.4 Å². The first-order chi connectivity index (χ1) is 6.27. The maximum Gasteiger partial charge on any atom is 0.0895 e. The van der Waals surface area contributed by atoms with E-state index in [1.807, 2.05) is 24.5 Å². The van der Waals surface area contributed by atoms with Crippen molar-refractivity contribution in [3.63, 3.8) is 0 Å². The van der Waals surface area contributed by atoms with E-state index in [4.69, 9.17) is 11.5 Å². The van der Waals surface area contributed by atoms with Crippen molar-refractivity contribution >= 4 is 35.8 Å². The fourth-order valence-electron chi connectivity index (χ4n) is 1.32. The molecule has 15 heavy (non-hydrogen) atoms. The first kappa shape index (κ1) is 13.5. The highest BCUT2D eigenvalue weighted by molar-refractivity contribution is 5.85. The van der Waals surface area contributed by atoms with Crippen LogP contribution in [0.15, 0.2) is 23.2 Å². The highest BCUT2D eigenvalue weighted by Crippen LogP contribution is 2.22. The Hall–Kier alpha value is -1.46. The molecule has 1 aliphatic heterocycles. The zero-order valence-corrected chi connectivity index (χ0v) is 9.00. The fourth-order valence-corrected chi connectivity index (χ4v) is 1.32. The van der Waals surface area contributed by atoms with Gasteiger partial charge in [0.25, 0.3) is 0 Å². The predicted molar refractivity (Wildman–Crippen MR) is 66.8 cm³/mol. The SMILES string of the molecule is Cl.Nc1ccc(N2C=NCC2)cc1N.O. The van der Waals surface area contributed by atoms with Crippen LogP contribution in [0.4, 0.5) is 17.1 Å². The van der Waals surface area contributed by atoms with Gasteiger partial charge in [0.1, 0.15) is 0 Å².